The maximum Gasteiger partial charge on any atom is 0.254 e. The molecule has 35 heavy (non-hydrogen) atoms. The molecule has 0 saturated carbocycles. The first-order valence-electron chi connectivity index (χ1n) is 10.4. The van der Waals surface area contributed by atoms with Gasteiger partial charge in [0.2, 0.25) is 10.0 Å². The molecule has 6 nitrogen and oxygen atoms in total. The second-order valence-electron chi connectivity index (χ2n) is 7.69. The summed E-state index contributed by atoms with van der Waals surface area (Å²) in [5, 5.41) is 10.2. The van der Waals surface area contributed by atoms with E-state index in [0.717, 1.165) is 6.07 Å². The van der Waals surface area contributed by atoms with Crippen molar-refractivity contribution in [3.8, 4) is 6.07 Å². The van der Waals surface area contributed by atoms with E-state index in [0.29, 0.717) is 19.8 Å². The zero-order valence-electron chi connectivity index (χ0n) is 18.1. The number of sulfonamides is 1. The summed E-state index contributed by atoms with van der Waals surface area (Å²) in [5.41, 5.74) is 0.416. The highest BCUT2D eigenvalue weighted by atomic mass is 35.5. The van der Waals surface area contributed by atoms with Gasteiger partial charge < -0.3 is 4.90 Å². The third-order valence-corrected chi connectivity index (χ3v) is 8.90. The Morgan fingerprint density at radius 1 is 0.971 bits per heavy atom. The Hall–Kier alpha value is -2.61. The van der Waals surface area contributed by atoms with E-state index in [1.807, 2.05) is 6.07 Å². The Morgan fingerprint density at radius 2 is 1.66 bits per heavy atom. The van der Waals surface area contributed by atoms with Crippen molar-refractivity contribution in [1.29, 1.82) is 5.26 Å². The lowest BCUT2D eigenvalue weighted by Gasteiger charge is -2.34. The topological polar surface area (TPSA) is 81.5 Å². The minimum Gasteiger partial charge on any atom is -0.336 e. The Morgan fingerprint density at radius 3 is 2.29 bits per heavy atom. The van der Waals surface area contributed by atoms with Gasteiger partial charge >= 0.3 is 0 Å². The highest BCUT2D eigenvalue weighted by molar-refractivity contribution is 8.00. The van der Waals surface area contributed by atoms with Crippen molar-refractivity contribution in [3.63, 3.8) is 0 Å². The molecule has 180 valence electrons. The molecule has 0 spiro atoms. The minimum atomic E-state index is -3.99. The first kappa shape index (κ1) is 25.5. The maximum absolute atomic E-state index is 13.6. The highest BCUT2D eigenvalue weighted by Gasteiger charge is 2.32. The predicted molar refractivity (Wildman–Crippen MR) is 133 cm³/mol. The van der Waals surface area contributed by atoms with Gasteiger partial charge in [0.15, 0.2) is 0 Å². The predicted octanol–water partition coefficient (Wildman–Crippen LogP) is 5.30. The molecule has 0 radical (unpaired) electrons. The van der Waals surface area contributed by atoms with Crippen molar-refractivity contribution in [2.45, 2.75) is 14.7 Å². The van der Waals surface area contributed by atoms with E-state index in [-0.39, 0.29) is 48.1 Å². The molecule has 1 fully saturated rings. The van der Waals surface area contributed by atoms with Gasteiger partial charge in [-0.1, -0.05) is 41.0 Å². The van der Waals surface area contributed by atoms with Crippen LogP contribution in [0.1, 0.15) is 15.9 Å². The monoisotopic (exact) mass is 549 g/mol. The van der Waals surface area contributed by atoms with Crippen molar-refractivity contribution >= 4 is 50.9 Å². The van der Waals surface area contributed by atoms with Gasteiger partial charge in [0.25, 0.3) is 5.91 Å². The van der Waals surface area contributed by atoms with Crippen molar-refractivity contribution in [2.75, 3.05) is 26.2 Å². The van der Waals surface area contributed by atoms with Gasteiger partial charge in [0.05, 0.1) is 16.5 Å². The fourth-order valence-corrected chi connectivity index (χ4v) is 7.19. The van der Waals surface area contributed by atoms with E-state index < -0.39 is 15.8 Å². The van der Waals surface area contributed by atoms with E-state index in [1.54, 1.807) is 30.3 Å². The number of amides is 1. The van der Waals surface area contributed by atoms with Crippen LogP contribution in [0.2, 0.25) is 10.0 Å². The van der Waals surface area contributed by atoms with E-state index in [9.17, 15) is 22.9 Å². The molecular weight excluding hydrogens is 532 g/mol. The summed E-state index contributed by atoms with van der Waals surface area (Å²) in [5.74, 6) is -0.873. The SMILES string of the molecule is N#Cc1ccc(Sc2cc(Cl)cc(Cl)c2)c(S(=O)(=O)N2CCN(C(=O)c3cccc(F)c3)CC2)c1. The molecule has 3 aromatic rings. The molecule has 0 N–H and O–H groups in total. The van der Waals surface area contributed by atoms with Crippen LogP contribution < -0.4 is 0 Å². The van der Waals surface area contributed by atoms with Crippen molar-refractivity contribution in [1.82, 2.24) is 9.21 Å². The van der Waals surface area contributed by atoms with Crippen LogP contribution in [0.4, 0.5) is 4.39 Å². The van der Waals surface area contributed by atoms with Crippen molar-refractivity contribution in [3.05, 3.63) is 87.7 Å². The Balaban J connectivity index is 1.57. The smallest absolute Gasteiger partial charge is 0.254 e. The van der Waals surface area contributed by atoms with E-state index in [1.165, 1.54) is 45.2 Å². The van der Waals surface area contributed by atoms with Gasteiger partial charge in [-0.2, -0.15) is 9.57 Å². The fourth-order valence-electron chi connectivity index (χ4n) is 3.65. The number of piperazine rings is 1. The average Bonchev–Trinajstić information content (AvgIpc) is 2.83. The van der Waals surface area contributed by atoms with Crippen LogP contribution in [0.3, 0.4) is 0 Å². The van der Waals surface area contributed by atoms with Crippen LogP contribution in [0.5, 0.6) is 0 Å². The molecule has 0 atom stereocenters. The highest BCUT2D eigenvalue weighted by Crippen LogP contribution is 2.37. The average molecular weight is 550 g/mol. The molecule has 1 aliphatic heterocycles. The fraction of sp³-hybridized carbons (Fsp3) is 0.167. The van der Waals surface area contributed by atoms with E-state index in [4.69, 9.17) is 23.2 Å². The van der Waals surface area contributed by atoms with Crippen molar-refractivity contribution in [2.24, 2.45) is 0 Å². The lowest BCUT2D eigenvalue weighted by atomic mass is 10.2. The summed E-state index contributed by atoms with van der Waals surface area (Å²) in [7, 11) is -3.99. The van der Waals surface area contributed by atoms with Crippen LogP contribution in [-0.4, -0.2) is 49.7 Å². The first-order valence-corrected chi connectivity index (χ1v) is 13.4. The van der Waals surface area contributed by atoms with Gasteiger partial charge in [0.1, 0.15) is 5.82 Å². The summed E-state index contributed by atoms with van der Waals surface area (Å²) >= 11 is 13.3. The molecule has 3 aromatic carbocycles. The molecule has 0 aliphatic carbocycles. The summed E-state index contributed by atoms with van der Waals surface area (Å²) in [6, 6.07) is 16.7. The minimum absolute atomic E-state index is 0.0115. The maximum atomic E-state index is 13.6. The van der Waals surface area contributed by atoms with E-state index >= 15 is 0 Å². The Kier molecular flexibility index (Phi) is 7.69. The molecule has 0 bridgehead atoms. The largest absolute Gasteiger partial charge is 0.336 e. The number of hydrogen-bond acceptors (Lipinski definition) is 5. The first-order chi connectivity index (χ1) is 16.7. The molecule has 1 amide bonds. The normalized spacial score (nSPS) is 14.5. The second-order valence-corrected chi connectivity index (χ2v) is 11.6. The number of hydrogen-bond donors (Lipinski definition) is 0. The number of carbonyl (C=O) groups excluding carboxylic acids is 1. The van der Waals surface area contributed by atoms with Crippen LogP contribution in [0.25, 0.3) is 0 Å². The molecular formula is C24H18Cl2FN3O3S2. The lowest BCUT2D eigenvalue weighted by Crippen LogP contribution is -2.50. The summed E-state index contributed by atoms with van der Waals surface area (Å²) in [6.07, 6.45) is 0. The van der Waals surface area contributed by atoms with Gasteiger partial charge in [-0.05, 0) is 54.6 Å². The molecule has 0 aromatic heterocycles. The zero-order valence-corrected chi connectivity index (χ0v) is 21.3. The number of carbonyl (C=O) groups is 1. The summed E-state index contributed by atoms with van der Waals surface area (Å²) < 4.78 is 42.0. The second kappa shape index (κ2) is 10.6. The number of nitrogens with zero attached hydrogens (tertiary/aromatic N) is 3. The van der Waals surface area contributed by atoms with Crippen molar-refractivity contribution < 1.29 is 17.6 Å². The number of rotatable bonds is 5. The Labute approximate surface area is 216 Å². The molecule has 1 saturated heterocycles. The van der Waals surface area contributed by atoms with Crippen LogP contribution in [0.15, 0.2) is 75.4 Å². The quantitative estimate of drug-likeness (QED) is 0.431. The lowest BCUT2D eigenvalue weighted by molar-refractivity contribution is 0.0697. The third kappa shape index (κ3) is 5.80. The molecule has 0 unspecified atom stereocenters. The standard InChI is InChI=1S/C24H18Cl2FN3O3S2/c25-18-12-19(26)14-21(13-18)34-22-5-4-16(15-28)10-23(22)35(32,33)30-8-6-29(7-9-30)24(31)17-2-1-3-20(27)11-17/h1-5,10-14H,6-9H2. The Bertz CT molecular complexity index is 1420. The summed E-state index contributed by atoms with van der Waals surface area (Å²) in [6.45, 7) is 0.429. The van der Waals surface area contributed by atoms with E-state index in [2.05, 4.69) is 0 Å². The van der Waals surface area contributed by atoms with Gasteiger partial charge in [-0.3, -0.25) is 4.79 Å². The molecule has 4 rings (SSSR count). The number of halogens is 3. The number of nitriles is 1. The van der Waals surface area contributed by atoms with Gasteiger partial charge in [-0.25, -0.2) is 12.8 Å². The zero-order chi connectivity index (χ0) is 25.2. The molecule has 1 heterocycles. The molecule has 11 heteroatoms. The number of benzene rings is 3. The van der Waals surface area contributed by atoms with Crippen LogP contribution in [-0.2, 0) is 10.0 Å². The molecule has 1 aliphatic rings. The van der Waals surface area contributed by atoms with Gasteiger partial charge in [0, 0.05) is 51.6 Å². The van der Waals surface area contributed by atoms with Gasteiger partial charge in [-0.15, -0.1) is 0 Å². The summed E-state index contributed by atoms with van der Waals surface area (Å²) in [4.78, 5) is 15.3. The van der Waals surface area contributed by atoms with Crippen LogP contribution in [0, 0.1) is 17.1 Å². The third-order valence-electron chi connectivity index (χ3n) is 5.35. The van der Waals surface area contributed by atoms with Crippen LogP contribution >= 0.6 is 35.0 Å².